The first kappa shape index (κ1) is 41.0. The average molecular weight is 716 g/mol. The molecule has 51 heavy (non-hydrogen) atoms. The number of benzene rings is 3. The van der Waals surface area contributed by atoms with E-state index in [2.05, 4.69) is 79.0 Å². The van der Waals surface area contributed by atoms with Crippen LogP contribution in [0.3, 0.4) is 0 Å². The topological polar surface area (TPSA) is 113 Å². The minimum absolute atomic E-state index is 0.194. The Hall–Kier alpha value is -4.42. The highest BCUT2D eigenvalue weighted by Crippen LogP contribution is 2.24. The van der Waals surface area contributed by atoms with E-state index in [9.17, 15) is 14.4 Å². The molecule has 1 aliphatic rings. The van der Waals surface area contributed by atoms with E-state index in [0.29, 0.717) is 68.7 Å². The third-order valence-electron chi connectivity index (χ3n) is 7.62. The van der Waals surface area contributed by atoms with E-state index in [1.54, 1.807) is 40.5 Å². The molecule has 0 saturated carbocycles. The van der Waals surface area contributed by atoms with Crippen molar-refractivity contribution in [3.63, 3.8) is 0 Å². The van der Waals surface area contributed by atoms with E-state index in [0.717, 1.165) is 36.1 Å². The predicted octanol–water partition coefficient (Wildman–Crippen LogP) is 6.87. The molecule has 1 aromatic heterocycles. The van der Waals surface area contributed by atoms with Crippen molar-refractivity contribution < 1.29 is 23.9 Å². The number of aldehydes is 1. The van der Waals surface area contributed by atoms with E-state index in [-0.39, 0.29) is 12.0 Å². The highest BCUT2D eigenvalue weighted by Gasteiger charge is 2.19. The van der Waals surface area contributed by atoms with Crippen molar-refractivity contribution in [1.82, 2.24) is 25.4 Å². The van der Waals surface area contributed by atoms with Crippen molar-refractivity contribution in [3.8, 4) is 5.75 Å². The maximum absolute atomic E-state index is 12.5. The molecule has 4 aromatic rings. The molecule has 1 aliphatic heterocycles. The third-order valence-corrected chi connectivity index (χ3v) is 8.57. The molecule has 1 saturated heterocycles. The van der Waals surface area contributed by atoms with Gasteiger partial charge < -0.3 is 29.9 Å². The number of amides is 2. The van der Waals surface area contributed by atoms with E-state index in [1.807, 2.05) is 37.3 Å². The summed E-state index contributed by atoms with van der Waals surface area (Å²) in [5.74, 6) is 0.651. The first-order chi connectivity index (χ1) is 24.5. The van der Waals surface area contributed by atoms with Crippen LogP contribution in [-0.2, 0) is 17.8 Å². The SMILES string of the molecule is CC(C)c1cc(CNCCCNC(=O)c2cccc(C=O)c2)cc(OC(=O)N2CCOCC2)c1.Cc1ccccc1.Cc1csc(CN(C)C)n1. The molecule has 2 N–H and O–H groups in total. The summed E-state index contributed by atoms with van der Waals surface area (Å²) in [4.78, 5) is 43.6. The van der Waals surface area contributed by atoms with Gasteiger partial charge in [0.1, 0.15) is 17.0 Å². The summed E-state index contributed by atoms with van der Waals surface area (Å²) in [6.07, 6.45) is 1.13. The molecule has 3 aromatic carbocycles. The molecule has 2 heterocycles. The largest absolute Gasteiger partial charge is 0.415 e. The Morgan fingerprint density at radius 1 is 1.00 bits per heavy atom. The van der Waals surface area contributed by atoms with Crippen LogP contribution in [0, 0.1) is 13.8 Å². The number of hydrogen-bond donors (Lipinski definition) is 2. The Labute approximate surface area is 307 Å². The van der Waals surface area contributed by atoms with Crippen molar-refractivity contribution in [2.45, 2.75) is 53.1 Å². The lowest BCUT2D eigenvalue weighted by molar-refractivity contribution is 0.0416. The standard InChI is InChI=1S/C26H33N3O5.C7H12N2S.C7H8/c1-19(2)23-14-21(15-24(16-23)34-26(32)29-9-11-33-12-10-29)17-27-7-4-8-28-25(31)22-6-3-5-20(13-22)18-30;1-6-5-10-7(8-6)4-9(2)3;1-7-5-3-2-4-6-7/h3,5-6,13-16,18-19,27H,4,7-12,17H2,1-2H3,(H,28,31);5H,4H2,1-3H3;2-6H,1H3. The van der Waals surface area contributed by atoms with Crippen LogP contribution in [0.25, 0.3) is 0 Å². The number of carbonyl (C=O) groups excluding carboxylic acids is 3. The summed E-state index contributed by atoms with van der Waals surface area (Å²) < 4.78 is 10.9. The number of nitrogens with zero attached hydrogens (tertiary/aromatic N) is 3. The number of carbonyl (C=O) groups is 3. The smallest absolute Gasteiger partial charge is 0.410 e. The molecule has 11 heteroatoms. The second kappa shape index (κ2) is 22.4. The quantitative estimate of drug-likeness (QED) is 0.121. The summed E-state index contributed by atoms with van der Waals surface area (Å²) in [7, 11) is 4.10. The Morgan fingerprint density at radius 3 is 2.35 bits per heavy atom. The lowest BCUT2D eigenvalue weighted by Crippen LogP contribution is -2.42. The van der Waals surface area contributed by atoms with Gasteiger partial charge in [-0.15, -0.1) is 11.3 Å². The second-order valence-electron chi connectivity index (χ2n) is 12.8. The Morgan fingerprint density at radius 2 is 1.75 bits per heavy atom. The number of rotatable bonds is 12. The molecule has 10 nitrogen and oxygen atoms in total. The van der Waals surface area contributed by atoms with Gasteiger partial charge in [0.05, 0.1) is 13.2 Å². The van der Waals surface area contributed by atoms with Crippen LogP contribution in [-0.4, -0.2) is 86.6 Å². The molecule has 5 rings (SSSR count). The molecule has 0 bridgehead atoms. The first-order valence-electron chi connectivity index (χ1n) is 17.3. The predicted molar refractivity (Wildman–Crippen MR) is 205 cm³/mol. The number of thiazole rings is 1. The summed E-state index contributed by atoms with van der Waals surface area (Å²) >= 11 is 1.73. The molecular formula is C40H53N5O5S. The zero-order chi connectivity index (χ0) is 37.0. The molecule has 0 unspecified atom stereocenters. The highest BCUT2D eigenvalue weighted by atomic mass is 32.1. The third kappa shape index (κ3) is 16.0. The van der Waals surface area contributed by atoms with Gasteiger partial charge in [0, 0.05) is 54.9 Å². The summed E-state index contributed by atoms with van der Waals surface area (Å²) in [5, 5.41) is 9.53. The number of morpholine rings is 1. The zero-order valence-electron chi connectivity index (χ0n) is 30.8. The van der Waals surface area contributed by atoms with Crippen LogP contribution < -0.4 is 15.4 Å². The fraction of sp³-hybridized carbons (Fsp3) is 0.400. The van der Waals surface area contributed by atoms with Crippen LogP contribution in [0.1, 0.15) is 74.3 Å². The van der Waals surface area contributed by atoms with E-state index < -0.39 is 0 Å². The monoisotopic (exact) mass is 715 g/mol. The van der Waals surface area contributed by atoms with Gasteiger partial charge in [-0.25, -0.2) is 9.78 Å². The number of ether oxygens (including phenoxy) is 2. The minimum Gasteiger partial charge on any atom is -0.410 e. The molecule has 0 radical (unpaired) electrons. The van der Waals surface area contributed by atoms with E-state index >= 15 is 0 Å². The molecule has 0 spiro atoms. The van der Waals surface area contributed by atoms with Crippen LogP contribution in [0.2, 0.25) is 0 Å². The van der Waals surface area contributed by atoms with Gasteiger partial charge in [0.25, 0.3) is 5.91 Å². The van der Waals surface area contributed by atoms with Crippen LogP contribution in [0.4, 0.5) is 4.79 Å². The lowest BCUT2D eigenvalue weighted by atomic mass is 10.0. The Balaban J connectivity index is 0.000000334. The summed E-state index contributed by atoms with van der Waals surface area (Å²) in [6.45, 7) is 13.3. The minimum atomic E-state index is -0.350. The fourth-order valence-electron chi connectivity index (χ4n) is 4.88. The van der Waals surface area contributed by atoms with Gasteiger partial charge in [-0.3, -0.25) is 9.59 Å². The molecular weight excluding hydrogens is 663 g/mol. The van der Waals surface area contributed by atoms with Gasteiger partial charge in [-0.2, -0.15) is 0 Å². The number of aromatic nitrogens is 1. The Bertz CT molecular complexity index is 1640. The first-order valence-corrected chi connectivity index (χ1v) is 18.2. The van der Waals surface area contributed by atoms with Crippen LogP contribution in [0.15, 0.2) is 78.2 Å². The van der Waals surface area contributed by atoms with Gasteiger partial charge >= 0.3 is 6.09 Å². The fourth-order valence-corrected chi connectivity index (χ4v) is 5.76. The maximum atomic E-state index is 12.5. The zero-order valence-corrected chi connectivity index (χ0v) is 31.6. The van der Waals surface area contributed by atoms with Gasteiger partial charge in [-0.1, -0.05) is 67.9 Å². The highest BCUT2D eigenvalue weighted by molar-refractivity contribution is 7.09. The summed E-state index contributed by atoms with van der Waals surface area (Å²) in [6, 6.07) is 22.8. The molecule has 0 atom stereocenters. The number of aryl methyl sites for hydroxylation is 2. The van der Waals surface area contributed by atoms with Crippen LogP contribution in [0.5, 0.6) is 5.75 Å². The van der Waals surface area contributed by atoms with E-state index in [4.69, 9.17) is 9.47 Å². The van der Waals surface area contributed by atoms with Crippen molar-refractivity contribution in [1.29, 1.82) is 0 Å². The number of hydrogen-bond acceptors (Lipinski definition) is 9. The molecule has 274 valence electrons. The second-order valence-corrected chi connectivity index (χ2v) is 13.8. The normalized spacial score (nSPS) is 12.4. The lowest BCUT2D eigenvalue weighted by Gasteiger charge is -2.26. The average Bonchev–Trinajstić information content (AvgIpc) is 3.54. The molecule has 2 amide bonds. The van der Waals surface area contributed by atoms with Crippen molar-refractivity contribution >= 4 is 29.6 Å². The van der Waals surface area contributed by atoms with Gasteiger partial charge in [0.15, 0.2) is 0 Å². The van der Waals surface area contributed by atoms with Gasteiger partial charge in [-0.05, 0) is 82.2 Å². The Kier molecular flexibility index (Phi) is 18.0. The van der Waals surface area contributed by atoms with Crippen molar-refractivity contribution in [3.05, 3.63) is 117 Å². The molecule has 1 fully saturated rings. The van der Waals surface area contributed by atoms with Crippen molar-refractivity contribution in [2.75, 3.05) is 53.5 Å². The summed E-state index contributed by atoms with van der Waals surface area (Å²) in [5.41, 5.74) is 5.54. The molecule has 0 aliphatic carbocycles. The number of nitrogens with one attached hydrogen (secondary N) is 2. The van der Waals surface area contributed by atoms with E-state index in [1.165, 1.54) is 10.6 Å². The van der Waals surface area contributed by atoms with Crippen LogP contribution >= 0.6 is 11.3 Å². The van der Waals surface area contributed by atoms with Crippen molar-refractivity contribution in [2.24, 2.45) is 0 Å². The maximum Gasteiger partial charge on any atom is 0.415 e. The van der Waals surface area contributed by atoms with Gasteiger partial charge in [0.2, 0.25) is 0 Å².